The second kappa shape index (κ2) is 10.5. The zero-order valence-corrected chi connectivity index (χ0v) is 14.2. The fourth-order valence-corrected chi connectivity index (χ4v) is 3.21. The molecule has 1 atom stereocenters. The highest BCUT2D eigenvalue weighted by atomic mass is 15.2. The van der Waals surface area contributed by atoms with Gasteiger partial charge >= 0.3 is 0 Å². The van der Waals surface area contributed by atoms with Crippen LogP contribution >= 0.6 is 0 Å². The van der Waals surface area contributed by atoms with Crippen molar-refractivity contribution in [3.63, 3.8) is 0 Å². The number of benzene rings is 1. The van der Waals surface area contributed by atoms with Crippen molar-refractivity contribution in [3.8, 4) is 11.8 Å². The van der Waals surface area contributed by atoms with Crippen molar-refractivity contribution >= 4 is 0 Å². The number of piperidine rings is 1. The quantitative estimate of drug-likeness (QED) is 0.490. The predicted molar refractivity (Wildman–Crippen MR) is 95.9 cm³/mol. The van der Waals surface area contributed by atoms with E-state index >= 15 is 0 Å². The summed E-state index contributed by atoms with van der Waals surface area (Å²) in [6.45, 7) is 4.76. The van der Waals surface area contributed by atoms with Crippen molar-refractivity contribution < 1.29 is 0 Å². The third kappa shape index (κ3) is 6.24. The lowest BCUT2D eigenvalue weighted by atomic mass is 10.0. The normalized spacial score (nSPS) is 16.8. The summed E-state index contributed by atoms with van der Waals surface area (Å²) in [5.41, 5.74) is 1.15. The molecular formula is C21H31N. The first-order chi connectivity index (χ1) is 10.9. The van der Waals surface area contributed by atoms with Crippen LogP contribution in [0.15, 0.2) is 30.3 Å². The number of unbranched alkanes of at least 4 members (excludes halogenated alkanes) is 4. The van der Waals surface area contributed by atoms with Gasteiger partial charge < -0.3 is 0 Å². The highest BCUT2D eigenvalue weighted by Gasteiger charge is 2.18. The van der Waals surface area contributed by atoms with E-state index in [0.717, 1.165) is 5.56 Å². The maximum absolute atomic E-state index is 3.57. The molecule has 1 aliphatic rings. The van der Waals surface area contributed by atoms with E-state index in [0.29, 0.717) is 6.04 Å². The number of likely N-dealkylation sites (tertiary alicyclic amines) is 1. The molecule has 0 radical (unpaired) electrons. The number of nitrogens with zero attached hydrogens (tertiary/aromatic N) is 1. The van der Waals surface area contributed by atoms with Crippen LogP contribution in [0.4, 0.5) is 0 Å². The molecule has 0 saturated carbocycles. The summed E-state index contributed by atoms with van der Waals surface area (Å²) in [6, 6.07) is 10.9. The van der Waals surface area contributed by atoms with Crippen LogP contribution in [0.3, 0.4) is 0 Å². The topological polar surface area (TPSA) is 3.24 Å². The Morgan fingerprint density at radius 1 is 0.955 bits per heavy atom. The molecule has 1 heterocycles. The summed E-state index contributed by atoms with van der Waals surface area (Å²) in [6.07, 6.45) is 12.1. The molecule has 1 saturated heterocycles. The van der Waals surface area contributed by atoms with Crippen molar-refractivity contribution in [1.82, 2.24) is 4.90 Å². The Kier molecular flexibility index (Phi) is 8.13. The minimum absolute atomic E-state index is 0.460. The lowest BCUT2D eigenvalue weighted by Gasteiger charge is -2.31. The van der Waals surface area contributed by atoms with Gasteiger partial charge in [-0.3, -0.25) is 4.90 Å². The maximum Gasteiger partial charge on any atom is 0.0718 e. The van der Waals surface area contributed by atoms with Crippen LogP contribution in [0, 0.1) is 11.8 Å². The van der Waals surface area contributed by atoms with Gasteiger partial charge in [-0.1, -0.05) is 75.5 Å². The third-order valence-corrected chi connectivity index (χ3v) is 4.57. The Hall–Kier alpha value is -1.26. The number of hydrogen-bond donors (Lipinski definition) is 0. The molecule has 1 aromatic carbocycles. The van der Waals surface area contributed by atoms with Gasteiger partial charge in [0.1, 0.15) is 0 Å². The summed E-state index contributed by atoms with van der Waals surface area (Å²) >= 11 is 0. The van der Waals surface area contributed by atoms with Crippen LogP contribution in [0.1, 0.15) is 70.3 Å². The average molecular weight is 297 g/mol. The molecule has 1 aliphatic heterocycles. The van der Waals surface area contributed by atoms with Gasteiger partial charge in [0.15, 0.2) is 0 Å². The van der Waals surface area contributed by atoms with E-state index in [-0.39, 0.29) is 0 Å². The van der Waals surface area contributed by atoms with E-state index in [1.165, 1.54) is 70.9 Å². The summed E-state index contributed by atoms with van der Waals surface area (Å²) < 4.78 is 0. The molecule has 22 heavy (non-hydrogen) atoms. The molecule has 0 amide bonds. The standard InChI is InChI=1S/C21H31N/c1-2-3-4-5-10-15-21(22-18-11-7-12-19-22)17-16-20-13-8-6-9-14-20/h6,8-9,13-14,21H,2-5,7,10-12,15,18-19H2,1H3. The van der Waals surface area contributed by atoms with Gasteiger partial charge in [0, 0.05) is 5.56 Å². The molecule has 0 spiro atoms. The van der Waals surface area contributed by atoms with Gasteiger partial charge in [-0.2, -0.15) is 0 Å². The van der Waals surface area contributed by atoms with Gasteiger partial charge in [-0.05, 0) is 44.5 Å². The Morgan fingerprint density at radius 3 is 2.41 bits per heavy atom. The molecule has 1 aromatic rings. The first-order valence-electron chi connectivity index (χ1n) is 9.21. The van der Waals surface area contributed by atoms with Crippen molar-refractivity contribution in [3.05, 3.63) is 35.9 Å². The minimum atomic E-state index is 0.460. The summed E-state index contributed by atoms with van der Waals surface area (Å²) in [4.78, 5) is 2.62. The largest absolute Gasteiger partial charge is 0.290 e. The van der Waals surface area contributed by atoms with Crippen LogP contribution in [-0.2, 0) is 0 Å². The third-order valence-electron chi connectivity index (χ3n) is 4.57. The summed E-state index contributed by atoms with van der Waals surface area (Å²) in [7, 11) is 0. The van der Waals surface area contributed by atoms with Gasteiger partial charge in [-0.25, -0.2) is 0 Å². The van der Waals surface area contributed by atoms with E-state index < -0.39 is 0 Å². The molecule has 1 unspecified atom stereocenters. The van der Waals surface area contributed by atoms with Crippen LogP contribution in [-0.4, -0.2) is 24.0 Å². The van der Waals surface area contributed by atoms with Crippen molar-refractivity contribution in [1.29, 1.82) is 0 Å². The Labute approximate surface area is 137 Å². The molecule has 1 fully saturated rings. The van der Waals surface area contributed by atoms with Gasteiger partial charge in [-0.15, -0.1) is 0 Å². The fourth-order valence-electron chi connectivity index (χ4n) is 3.21. The van der Waals surface area contributed by atoms with E-state index in [9.17, 15) is 0 Å². The van der Waals surface area contributed by atoms with E-state index in [1.807, 2.05) is 0 Å². The van der Waals surface area contributed by atoms with E-state index in [1.54, 1.807) is 0 Å². The average Bonchev–Trinajstić information content (AvgIpc) is 2.59. The molecule has 0 N–H and O–H groups in total. The molecular weight excluding hydrogens is 266 g/mol. The molecule has 1 nitrogen and oxygen atoms in total. The summed E-state index contributed by atoms with van der Waals surface area (Å²) in [5, 5.41) is 0. The monoisotopic (exact) mass is 297 g/mol. The number of rotatable bonds is 7. The zero-order valence-electron chi connectivity index (χ0n) is 14.2. The molecule has 0 bridgehead atoms. The minimum Gasteiger partial charge on any atom is -0.290 e. The first-order valence-corrected chi connectivity index (χ1v) is 9.21. The van der Waals surface area contributed by atoms with Crippen molar-refractivity contribution in [2.24, 2.45) is 0 Å². The van der Waals surface area contributed by atoms with Crippen molar-refractivity contribution in [2.75, 3.05) is 13.1 Å². The second-order valence-electron chi connectivity index (χ2n) is 6.45. The van der Waals surface area contributed by atoms with E-state index in [4.69, 9.17) is 0 Å². The zero-order chi connectivity index (χ0) is 15.5. The van der Waals surface area contributed by atoms with Crippen molar-refractivity contribution in [2.45, 2.75) is 70.8 Å². The first kappa shape index (κ1) is 17.1. The maximum atomic E-state index is 3.57. The molecule has 0 aliphatic carbocycles. The van der Waals surface area contributed by atoms with Crippen LogP contribution < -0.4 is 0 Å². The Balaban J connectivity index is 1.90. The Bertz CT molecular complexity index is 448. The van der Waals surface area contributed by atoms with Crippen LogP contribution in [0.2, 0.25) is 0 Å². The molecule has 0 aromatic heterocycles. The Morgan fingerprint density at radius 2 is 1.68 bits per heavy atom. The molecule has 1 heteroatoms. The lowest BCUT2D eigenvalue weighted by molar-refractivity contribution is 0.187. The molecule has 2 rings (SSSR count). The second-order valence-corrected chi connectivity index (χ2v) is 6.45. The van der Waals surface area contributed by atoms with Gasteiger partial charge in [0.2, 0.25) is 0 Å². The van der Waals surface area contributed by atoms with E-state index in [2.05, 4.69) is 54.0 Å². The van der Waals surface area contributed by atoms with Crippen LogP contribution in [0.5, 0.6) is 0 Å². The SMILES string of the molecule is CCCCCCCC(C#Cc1ccccc1)N1CCCCC1. The highest BCUT2D eigenvalue weighted by molar-refractivity contribution is 5.34. The van der Waals surface area contributed by atoms with Gasteiger partial charge in [0.25, 0.3) is 0 Å². The predicted octanol–water partition coefficient (Wildman–Crippen LogP) is 5.25. The summed E-state index contributed by atoms with van der Waals surface area (Å²) in [5.74, 6) is 6.98. The van der Waals surface area contributed by atoms with Crippen LogP contribution in [0.25, 0.3) is 0 Å². The highest BCUT2D eigenvalue weighted by Crippen LogP contribution is 2.17. The smallest absolute Gasteiger partial charge is 0.0718 e. The van der Waals surface area contributed by atoms with Gasteiger partial charge in [0.05, 0.1) is 6.04 Å². The lowest BCUT2D eigenvalue weighted by Crippen LogP contribution is -2.38. The number of hydrogen-bond acceptors (Lipinski definition) is 1. The fraction of sp³-hybridized carbons (Fsp3) is 0.619. The molecule has 120 valence electrons.